The zero-order chi connectivity index (χ0) is 13.1. The second kappa shape index (κ2) is 6.67. The van der Waals surface area contributed by atoms with Gasteiger partial charge < -0.3 is 14.6 Å². The molecule has 0 radical (unpaired) electrons. The maximum atomic E-state index is 5.52. The highest BCUT2D eigenvalue weighted by molar-refractivity contribution is 7.13. The molecule has 0 amide bonds. The first-order valence-corrected chi connectivity index (χ1v) is 7.30. The van der Waals surface area contributed by atoms with Crippen LogP contribution in [0.5, 0.6) is 0 Å². The van der Waals surface area contributed by atoms with Crippen molar-refractivity contribution in [2.24, 2.45) is 0 Å². The minimum Gasteiger partial charge on any atom is -0.384 e. The molecule has 0 aromatic carbocycles. The van der Waals surface area contributed by atoms with Crippen LogP contribution in [0.2, 0.25) is 0 Å². The van der Waals surface area contributed by atoms with Crippen LogP contribution in [0.3, 0.4) is 0 Å². The molecule has 1 aliphatic rings. The topological polar surface area (TPSA) is 60.2 Å². The molecule has 3 heterocycles. The van der Waals surface area contributed by atoms with Gasteiger partial charge in [0.15, 0.2) is 0 Å². The van der Waals surface area contributed by atoms with Crippen molar-refractivity contribution in [1.29, 1.82) is 0 Å². The van der Waals surface area contributed by atoms with Crippen LogP contribution in [0, 0.1) is 0 Å². The Kier molecular flexibility index (Phi) is 5.15. The molecule has 0 atom stereocenters. The summed E-state index contributed by atoms with van der Waals surface area (Å²) in [5.41, 5.74) is -0.136. The van der Waals surface area contributed by atoms with Gasteiger partial charge in [-0.2, -0.15) is 4.98 Å². The third kappa shape index (κ3) is 2.88. The molecule has 5 nitrogen and oxygen atoms in total. The van der Waals surface area contributed by atoms with Gasteiger partial charge in [-0.05, 0) is 37.4 Å². The Hall–Kier alpha value is -0.950. The van der Waals surface area contributed by atoms with E-state index in [1.54, 1.807) is 18.4 Å². The normalized spacial score (nSPS) is 17.6. The van der Waals surface area contributed by atoms with Gasteiger partial charge >= 0.3 is 0 Å². The van der Waals surface area contributed by atoms with Crippen molar-refractivity contribution in [3.05, 3.63) is 23.4 Å². The zero-order valence-electron chi connectivity index (χ0n) is 11.3. The molecule has 20 heavy (non-hydrogen) atoms. The fourth-order valence-corrected chi connectivity index (χ4v) is 3.20. The first-order valence-electron chi connectivity index (χ1n) is 6.42. The number of nitrogens with one attached hydrogen (secondary N) is 1. The minimum absolute atomic E-state index is 0. The van der Waals surface area contributed by atoms with E-state index in [0.717, 1.165) is 30.8 Å². The Morgan fingerprint density at radius 2 is 2.25 bits per heavy atom. The molecule has 1 fully saturated rings. The van der Waals surface area contributed by atoms with Gasteiger partial charge in [-0.3, -0.25) is 0 Å². The van der Waals surface area contributed by atoms with E-state index in [2.05, 4.69) is 15.5 Å². The van der Waals surface area contributed by atoms with Crippen molar-refractivity contribution in [2.75, 3.05) is 26.8 Å². The predicted octanol–water partition coefficient (Wildman–Crippen LogP) is 2.49. The van der Waals surface area contributed by atoms with Gasteiger partial charge in [-0.25, -0.2) is 0 Å². The highest BCUT2D eigenvalue weighted by Gasteiger charge is 2.39. The Morgan fingerprint density at radius 3 is 2.90 bits per heavy atom. The van der Waals surface area contributed by atoms with Crippen LogP contribution in [-0.2, 0) is 10.2 Å². The minimum atomic E-state index is -0.136. The Bertz CT molecular complexity index is 518. The van der Waals surface area contributed by atoms with Crippen molar-refractivity contribution >= 4 is 23.7 Å². The smallest absolute Gasteiger partial charge is 0.235 e. The number of thiophene rings is 1. The molecular formula is C13H18ClN3O2S. The van der Waals surface area contributed by atoms with Gasteiger partial charge in [0.25, 0.3) is 0 Å². The molecule has 3 rings (SSSR count). The molecule has 1 saturated heterocycles. The predicted molar refractivity (Wildman–Crippen MR) is 80.5 cm³/mol. The summed E-state index contributed by atoms with van der Waals surface area (Å²) in [7, 11) is 1.72. The van der Waals surface area contributed by atoms with Crippen LogP contribution < -0.4 is 5.32 Å². The Labute approximate surface area is 128 Å². The van der Waals surface area contributed by atoms with Crippen molar-refractivity contribution < 1.29 is 9.26 Å². The van der Waals surface area contributed by atoms with Crippen LogP contribution in [0.4, 0.5) is 0 Å². The van der Waals surface area contributed by atoms with Crippen molar-refractivity contribution in [2.45, 2.75) is 18.3 Å². The van der Waals surface area contributed by atoms with E-state index in [-0.39, 0.29) is 17.8 Å². The SMILES string of the molecule is COCC1(c2nc(-c3cccs3)no2)CCNCC1.Cl. The summed E-state index contributed by atoms with van der Waals surface area (Å²) in [5, 5.41) is 9.48. The van der Waals surface area contributed by atoms with Gasteiger partial charge in [0.1, 0.15) is 0 Å². The molecule has 2 aromatic heterocycles. The van der Waals surface area contributed by atoms with E-state index in [0.29, 0.717) is 18.3 Å². The highest BCUT2D eigenvalue weighted by atomic mass is 35.5. The third-order valence-electron chi connectivity index (χ3n) is 3.60. The maximum absolute atomic E-state index is 5.52. The van der Waals surface area contributed by atoms with Gasteiger partial charge in [0.05, 0.1) is 16.9 Å². The molecule has 1 aliphatic heterocycles. The summed E-state index contributed by atoms with van der Waals surface area (Å²) >= 11 is 1.62. The summed E-state index contributed by atoms with van der Waals surface area (Å²) in [6, 6.07) is 4.00. The number of ether oxygens (including phenoxy) is 1. The molecule has 7 heteroatoms. The lowest BCUT2D eigenvalue weighted by Crippen LogP contribution is -2.43. The second-order valence-corrected chi connectivity index (χ2v) is 5.81. The maximum Gasteiger partial charge on any atom is 0.235 e. The van der Waals surface area contributed by atoms with Gasteiger partial charge in [0.2, 0.25) is 11.7 Å². The highest BCUT2D eigenvalue weighted by Crippen LogP contribution is 2.34. The first-order chi connectivity index (χ1) is 9.34. The summed E-state index contributed by atoms with van der Waals surface area (Å²) in [4.78, 5) is 5.63. The second-order valence-electron chi connectivity index (χ2n) is 4.86. The van der Waals surface area contributed by atoms with E-state index in [9.17, 15) is 0 Å². The van der Waals surface area contributed by atoms with Crippen molar-refractivity contribution in [1.82, 2.24) is 15.5 Å². The number of hydrogen-bond acceptors (Lipinski definition) is 6. The quantitative estimate of drug-likeness (QED) is 0.939. The lowest BCUT2D eigenvalue weighted by molar-refractivity contribution is 0.0850. The standard InChI is InChI=1S/C13H17N3O2S.ClH/c1-17-9-13(4-6-14-7-5-13)12-15-11(16-18-12)10-3-2-8-19-10;/h2-3,8,14H,4-7,9H2,1H3;1H. The summed E-state index contributed by atoms with van der Waals surface area (Å²) < 4.78 is 10.9. The van der Waals surface area contributed by atoms with E-state index >= 15 is 0 Å². The number of piperidine rings is 1. The average molecular weight is 316 g/mol. The summed E-state index contributed by atoms with van der Waals surface area (Å²) in [6.45, 7) is 2.54. The molecular weight excluding hydrogens is 298 g/mol. The lowest BCUT2D eigenvalue weighted by atomic mass is 9.79. The average Bonchev–Trinajstić information content (AvgIpc) is 3.11. The van der Waals surface area contributed by atoms with E-state index in [1.165, 1.54) is 0 Å². The molecule has 1 N–H and O–H groups in total. The lowest BCUT2D eigenvalue weighted by Gasteiger charge is -2.33. The number of halogens is 1. The third-order valence-corrected chi connectivity index (χ3v) is 4.47. The van der Waals surface area contributed by atoms with Gasteiger partial charge in [0, 0.05) is 7.11 Å². The van der Waals surface area contributed by atoms with E-state index in [1.807, 2.05) is 17.5 Å². The fourth-order valence-electron chi connectivity index (χ4n) is 2.55. The molecule has 0 saturated carbocycles. The number of rotatable bonds is 4. The van der Waals surface area contributed by atoms with Crippen molar-refractivity contribution in [3.63, 3.8) is 0 Å². The molecule has 110 valence electrons. The Balaban J connectivity index is 0.00000147. The summed E-state index contributed by atoms with van der Waals surface area (Å²) in [6.07, 6.45) is 1.93. The zero-order valence-corrected chi connectivity index (χ0v) is 12.9. The number of nitrogens with zero attached hydrogens (tertiary/aromatic N) is 2. The Morgan fingerprint density at radius 1 is 1.45 bits per heavy atom. The summed E-state index contributed by atoms with van der Waals surface area (Å²) in [5.74, 6) is 1.39. The van der Waals surface area contributed by atoms with Crippen LogP contribution in [0.1, 0.15) is 18.7 Å². The molecule has 2 aromatic rings. The fraction of sp³-hybridized carbons (Fsp3) is 0.538. The number of methoxy groups -OCH3 is 1. The van der Waals surface area contributed by atoms with Crippen LogP contribution in [-0.4, -0.2) is 36.9 Å². The molecule has 0 unspecified atom stereocenters. The van der Waals surface area contributed by atoms with Crippen molar-refractivity contribution in [3.8, 4) is 10.7 Å². The van der Waals surface area contributed by atoms with Crippen LogP contribution in [0.25, 0.3) is 10.7 Å². The number of aromatic nitrogens is 2. The van der Waals surface area contributed by atoms with Gasteiger partial charge in [-0.1, -0.05) is 11.2 Å². The van der Waals surface area contributed by atoms with E-state index in [4.69, 9.17) is 9.26 Å². The first kappa shape index (κ1) is 15.4. The van der Waals surface area contributed by atoms with Crippen LogP contribution >= 0.6 is 23.7 Å². The molecule has 0 aliphatic carbocycles. The largest absolute Gasteiger partial charge is 0.384 e. The van der Waals surface area contributed by atoms with Gasteiger partial charge in [-0.15, -0.1) is 23.7 Å². The van der Waals surface area contributed by atoms with Crippen LogP contribution in [0.15, 0.2) is 22.0 Å². The number of hydrogen-bond donors (Lipinski definition) is 1. The molecule has 0 bridgehead atoms. The molecule has 0 spiro atoms. The monoisotopic (exact) mass is 315 g/mol. The van der Waals surface area contributed by atoms with E-state index < -0.39 is 0 Å².